The fourth-order valence-corrected chi connectivity index (χ4v) is 1.99. The number of halogens is 1. The molecule has 2 rings (SSSR count). The monoisotopic (exact) mass is 293 g/mol. The fraction of sp³-hybridized carbons (Fsp3) is 0.286. The van der Waals surface area contributed by atoms with E-state index in [0.717, 1.165) is 17.8 Å². The topological polar surface area (TPSA) is 53.1 Å². The first-order valence-electron chi connectivity index (χ1n) is 6.25. The first kappa shape index (κ1) is 14.5. The van der Waals surface area contributed by atoms with Gasteiger partial charge in [-0.25, -0.2) is 4.39 Å². The van der Waals surface area contributed by atoms with Gasteiger partial charge in [-0.3, -0.25) is 4.68 Å². The van der Waals surface area contributed by atoms with Crippen molar-refractivity contribution < 1.29 is 9.13 Å². The Morgan fingerprint density at radius 3 is 2.75 bits per heavy atom. The Bertz CT molecular complexity index is 639. The van der Waals surface area contributed by atoms with Gasteiger partial charge in [0.25, 0.3) is 0 Å². The summed E-state index contributed by atoms with van der Waals surface area (Å²) in [4.78, 5) is 0.0354. The third-order valence-corrected chi connectivity index (χ3v) is 3.20. The highest BCUT2D eigenvalue weighted by atomic mass is 32.1. The van der Waals surface area contributed by atoms with Crippen LogP contribution in [0, 0.1) is 5.82 Å². The minimum absolute atomic E-state index is 0.0354. The lowest BCUT2D eigenvalue weighted by Gasteiger charge is -2.08. The normalized spacial score (nSPS) is 10.6. The maximum absolute atomic E-state index is 13.7. The van der Waals surface area contributed by atoms with Crippen LogP contribution in [-0.4, -0.2) is 14.8 Å². The van der Waals surface area contributed by atoms with Crippen molar-refractivity contribution in [2.24, 2.45) is 12.8 Å². The van der Waals surface area contributed by atoms with Crippen molar-refractivity contribution in [3.05, 3.63) is 47.0 Å². The molecule has 0 atom stereocenters. The van der Waals surface area contributed by atoms with Gasteiger partial charge in [0.2, 0.25) is 0 Å². The summed E-state index contributed by atoms with van der Waals surface area (Å²) in [5.74, 6) is -0.0454. The SMILES string of the molecule is CCc1cc(COc2ccc(C(N)=S)c(F)c2)n(C)n1. The average molecular weight is 293 g/mol. The Labute approximate surface area is 122 Å². The van der Waals surface area contributed by atoms with E-state index in [2.05, 4.69) is 5.10 Å². The number of aromatic nitrogens is 2. The van der Waals surface area contributed by atoms with Gasteiger partial charge in [0, 0.05) is 18.7 Å². The first-order valence-corrected chi connectivity index (χ1v) is 6.66. The molecule has 0 spiro atoms. The van der Waals surface area contributed by atoms with Crippen LogP contribution in [0.1, 0.15) is 23.9 Å². The van der Waals surface area contributed by atoms with E-state index in [1.807, 2.05) is 20.0 Å². The second kappa shape index (κ2) is 6.00. The van der Waals surface area contributed by atoms with Gasteiger partial charge in [0.1, 0.15) is 23.2 Å². The van der Waals surface area contributed by atoms with Gasteiger partial charge in [-0.15, -0.1) is 0 Å². The second-order valence-electron chi connectivity index (χ2n) is 4.40. The van der Waals surface area contributed by atoms with Gasteiger partial charge in [0.15, 0.2) is 0 Å². The molecule has 6 heteroatoms. The number of hydrogen-bond donors (Lipinski definition) is 1. The molecule has 0 radical (unpaired) electrons. The van der Waals surface area contributed by atoms with Crippen LogP contribution in [0.3, 0.4) is 0 Å². The molecule has 0 aliphatic rings. The summed E-state index contributed by atoms with van der Waals surface area (Å²) < 4.78 is 21.0. The highest BCUT2D eigenvalue weighted by Crippen LogP contribution is 2.18. The van der Waals surface area contributed by atoms with Crippen molar-refractivity contribution in [3.63, 3.8) is 0 Å². The van der Waals surface area contributed by atoms with Crippen molar-refractivity contribution in [2.75, 3.05) is 0 Å². The Kier molecular flexibility index (Phi) is 4.34. The van der Waals surface area contributed by atoms with Gasteiger partial charge in [-0.05, 0) is 24.6 Å². The van der Waals surface area contributed by atoms with E-state index in [1.54, 1.807) is 10.7 Å². The molecule has 0 fully saturated rings. The zero-order valence-corrected chi connectivity index (χ0v) is 12.2. The molecule has 0 saturated carbocycles. The van der Waals surface area contributed by atoms with E-state index in [4.69, 9.17) is 22.7 Å². The molecule has 0 amide bonds. The number of thiocarbonyl (C=S) groups is 1. The zero-order chi connectivity index (χ0) is 14.7. The lowest BCUT2D eigenvalue weighted by molar-refractivity contribution is 0.293. The van der Waals surface area contributed by atoms with E-state index in [0.29, 0.717) is 12.4 Å². The molecular formula is C14H16FN3OS. The summed E-state index contributed by atoms with van der Waals surface area (Å²) in [7, 11) is 1.86. The Morgan fingerprint density at radius 2 is 2.20 bits per heavy atom. The Balaban J connectivity index is 2.09. The van der Waals surface area contributed by atoms with Crippen LogP contribution >= 0.6 is 12.2 Å². The summed E-state index contributed by atoms with van der Waals surface area (Å²) in [5.41, 5.74) is 7.56. The summed E-state index contributed by atoms with van der Waals surface area (Å²) in [6, 6.07) is 6.42. The van der Waals surface area contributed by atoms with Crippen LogP contribution < -0.4 is 10.5 Å². The van der Waals surface area contributed by atoms with Crippen LogP contribution in [-0.2, 0) is 20.1 Å². The minimum Gasteiger partial charge on any atom is -0.487 e. The molecule has 106 valence electrons. The fourth-order valence-electron chi connectivity index (χ4n) is 1.82. The molecule has 2 N–H and O–H groups in total. The van der Waals surface area contributed by atoms with Crippen molar-refractivity contribution in [1.29, 1.82) is 0 Å². The van der Waals surface area contributed by atoms with Crippen LogP contribution in [0.25, 0.3) is 0 Å². The van der Waals surface area contributed by atoms with Crippen LogP contribution in [0.15, 0.2) is 24.3 Å². The molecule has 0 unspecified atom stereocenters. The van der Waals surface area contributed by atoms with Gasteiger partial charge in [-0.1, -0.05) is 19.1 Å². The number of benzene rings is 1. The molecule has 1 aromatic heterocycles. The van der Waals surface area contributed by atoms with Gasteiger partial charge < -0.3 is 10.5 Å². The number of hydrogen-bond acceptors (Lipinski definition) is 3. The minimum atomic E-state index is -0.478. The number of nitrogens with zero attached hydrogens (tertiary/aromatic N) is 2. The molecule has 20 heavy (non-hydrogen) atoms. The molecule has 4 nitrogen and oxygen atoms in total. The summed E-state index contributed by atoms with van der Waals surface area (Å²) >= 11 is 4.75. The first-order chi connectivity index (χ1) is 9.51. The van der Waals surface area contributed by atoms with Gasteiger partial charge in [0.05, 0.1) is 11.4 Å². The molecule has 0 saturated heterocycles. The summed E-state index contributed by atoms with van der Waals surface area (Å²) in [6.45, 7) is 2.37. The van der Waals surface area contributed by atoms with Crippen LogP contribution in [0.2, 0.25) is 0 Å². The number of nitrogens with two attached hydrogens (primary N) is 1. The summed E-state index contributed by atoms with van der Waals surface area (Å²) in [5, 5.41) is 4.33. The molecule has 2 aromatic rings. The molecule has 0 aliphatic carbocycles. The van der Waals surface area contributed by atoms with Gasteiger partial charge in [-0.2, -0.15) is 5.10 Å². The lowest BCUT2D eigenvalue weighted by Crippen LogP contribution is -2.11. The number of ether oxygens (including phenoxy) is 1. The number of aryl methyl sites for hydroxylation is 2. The molecule has 1 heterocycles. The summed E-state index contributed by atoms with van der Waals surface area (Å²) in [6.07, 6.45) is 0.866. The molecule has 1 aromatic carbocycles. The second-order valence-corrected chi connectivity index (χ2v) is 4.84. The van der Waals surface area contributed by atoms with Crippen molar-refractivity contribution in [1.82, 2.24) is 9.78 Å². The van der Waals surface area contributed by atoms with Crippen molar-refractivity contribution in [2.45, 2.75) is 20.0 Å². The molecular weight excluding hydrogens is 277 g/mol. The van der Waals surface area contributed by atoms with E-state index >= 15 is 0 Å². The maximum Gasteiger partial charge on any atom is 0.137 e. The third kappa shape index (κ3) is 3.14. The van der Waals surface area contributed by atoms with Gasteiger partial charge >= 0.3 is 0 Å². The predicted octanol–water partition coefficient (Wildman–Crippen LogP) is 2.33. The smallest absolute Gasteiger partial charge is 0.137 e. The largest absolute Gasteiger partial charge is 0.487 e. The van der Waals surface area contributed by atoms with E-state index < -0.39 is 5.82 Å². The van der Waals surface area contributed by atoms with E-state index in [1.165, 1.54) is 12.1 Å². The zero-order valence-electron chi connectivity index (χ0n) is 11.4. The van der Waals surface area contributed by atoms with E-state index in [9.17, 15) is 4.39 Å². The lowest BCUT2D eigenvalue weighted by atomic mass is 10.2. The predicted molar refractivity (Wildman–Crippen MR) is 79.2 cm³/mol. The van der Waals surface area contributed by atoms with Crippen LogP contribution in [0.5, 0.6) is 5.75 Å². The highest BCUT2D eigenvalue weighted by Gasteiger charge is 2.08. The highest BCUT2D eigenvalue weighted by molar-refractivity contribution is 7.80. The Hall–Kier alpha value is -1.95. The third-order valence-electron chi connectivity index (χ3n) is 2.98. The van der Waals surface area contributed by atoms with Crippen LogP contribution in [0.4, 0.5) is 4.39 Å². The quantitative estimate of drug-likeness (QED) is 0.860. The number of rotatable bonds is 5. The Morgan fingerprint density at radius 1 is 1.45 bits per heavy atom. The average Bonchev–Trinajstić information content (AvgIpc) is 2.76. The molecule has 0 bridgehead atoms. The van der Waals surface area contributed by atoms with Crippen molar-refractivity contribution >= 4 is 17.2 Å². The molecule has 0 aliphatic heterocycles. The van der Waals surface area contributed by atoms with Crippen molar-refractivity contribution in [3.8, 4) is 5.75 Å². The maximum atomic E-state index is 13.7. The van der Waals surface area contributed by atoms with E-state index in [-0.39, 0.29) is 10.6 Å². The standard InChI is InChI=1S/C14H16FN3OS/c1-3-9-6-10(18(2)17-9)8-19-11-4-5-12(14(16)20)13(15)7-11/h4-7H,3,8H2,1-2H3,(H2,16,20).